The average Bonchev–Trinajstić information content (AvgIpc) is 3.54. The molecule has 0 saturated carbocycles. The second-order valence-corrected chi connectivity index (χ2v) is 8.20. The van der Waals surface area contributed by atoms with Crippen molar-refractivity contribution in [2.75, 3.05) is 12.3 Å². The molecule has 0 unspecified atom stereocenters. The third kappa shape index (κ3) is 3.23. The Labute approximate surface area is 192 Å². The van der Waals surface area contributed by atoms with Crippen LogP contribution in [-0.4, -0.2) is 48.5 Å². The first kappa shape index (κ1) is 20.7. The number of fused-ring (bicyclic) bond motifs is 2. The number of oxazole rings is 1. The van der Waals surface area contributed by atoms with Gasteiger partial charge in [0.2, 0.25) is 5.89 Å². The lowest BCUT2D eigenvalue weighted by Gasteiger charge is -2.14. The summed E-state index contributed by atoms with van der Waals surface area (Å²) < 4.78 is 28.7. The van der Waals surface area contributed by atoms with Crippen molar-refractivity contribution in [3.05, 3.63) is 60.8 Å². The summed E-state index contributed by atoms with van der Waals surface area (Å²) in [6.45, 7) is -0.313. The van der Waals surface area contributed by atoms with Gasteiger partial charge in [-0.15, -0.1) is 0 Å². The van der Waals surface area contributed by atoms with Crippen LogP contribution in [0, 0.1) is 5.82 Å². The molecule has 1 saturated heterocycles. The number of aliphatic hydroxyl groups is 2. The SMILES string of the molecule is Nc1ncnc2c1c(-c1ccc(-c3nc4ccccc4o3)cc1F)cn2[C@H]1C[C@H](O)[C@@H](CO)O1. The highest BCUT2D eigenvalue weighted by molar-refractivity contribution is 6.01. The molecule has 6 rings (SSSR count). The smallest absolute Gasteiger partial charge is 0.227 e. The van der Waals surface area contributed by atoms with Gasteiger partial charge in [0.05, 0.1) is 18.1 Å². The molecule has 0 radical (unpaired) electrons. The van der Waals surface area contributed by atoms with E-state index >= 15 is 4.39 Å². The van der Waals surface area contributed by atoms with E-state index in [1.807, 2.05) is 18.2 Å². The molecule has 10 heteroatoms. The first-order valence-corrected chi connectivity index (χ1v) is 10.7. The molecular formula is C24H20FN5O4. The van der Waals surface area contributed by atoms with Crippen molar-refractivity contribution in [2.45, 2.75) is 24.9 Å². The van der Waals surface area contributed by atoms with Gasteiger partial charge in [-0.3, -0.25) is 0 Å². The van der Waals surface area contributed by atoms with Gasteiger partial charge in [-0.05, 0) is 24.3 Å². The molecule has 2 aromatic carbocycles. The fraction of sp³-hybridized carbons (Fsp3) is 0.208. The number of hydrogen-bond donors (Lipinski definition) is 3. The van der Waals surface area contributed by atoms with Gasteiger partial charge in [0, 0.05) is 29.3 Å². The molecule has 5 aromatic rings. The van der Waals surface area contributed by atoms with E-state index in [1.165, 1.54) is 12.4 Å². The Morgan fingerprint density at radius 2 is 2.00 bits per heavy atom. The topological polar surface area (TPSA) is 132 Å². The quantitative estimate of drug-likeness (QED) is 0.372. The lowest BCUT2D eigenvalue weighted by atomic mass is 10.0. The minimum atomic E-state index is -0.831. The number of para-hydroxylation sites is 2. The molecule has 4 heterocycles. The number of aromatic nitrogens is 4. The Kier molecular flexibility index (Phi) is 4.80. The zero-order chi connectivity index (χ0) is 23.4. The van der Waals surface area contributed by atoms with Crippen LogP contribution >= 0.6 is 0 Å². The number of nitrogens with two attached hydrogens (primary N) is 1. The van der Waals surface area contributed by atoms with Crippen molar-refractivity contribution in [3.8, 4) is 22.6 Å². The number of nitrogen functional groups attached to an aromatic ring is 1. The van der Waals surface area contributed by atoms with Gasteiger partial charge in [0.1, 0.15) is 41.5 Å². The molecule has 1 aliphatic heterocycles. The first-order valence-electron chi connectivity index (χ1n) is 10.7. The standard InChI is InChI=1S/C24H20FN5O4/c25-15-7-12(24-29-16-3-1-2-4-18(16)34-24)5-6-13(15)14-9-30(20-8-17(32)19(10-31)33-20)23-21(14)22(26)27-11-28-23/h1-7,9,11,17,19-20,31-32H,8,10H2,(H2,26,27,28)/t17-,19+,20+/m0/s1. The van der Waals surface area contributed by atoms with E-state index in [0.717, 1.165) is 0 Å². The minimum Gasteiger partial charge on any atom is -0.436 e. The van der Waals surface area contributed by atoms with Gasteiger partial charge in [0.25, 0.3) is 0 Å². The molecule has 3 aromatic heterocycles. The van der Waals surface area contributed by atoms with Crippen LogP contribution in [0.2, 0.25) is 0 Å². The molecule has 9 nitrogen and oxygen atoms in total. The number of benzene rings is 2. The van der Waals surface area contributed by atoms with Gasteiger partial charge in [-0.1, -0.05) is 18.2 Å². The Bertz CT molecular complexity index is 1500. The van der Waals surface area contributed by atoms with E-state index in [0.29, 0.717) is 44.7 Å². The monoisotopic (exact) mass is 461 g/mol. The van der Waals surface area contributed by atoms with Crippen molar-refractivity contribution < 1.29 is 23.8 Å². The number of anilines is 1. The van der Waals surface area contributed by atoms with Crippen LogP contribution in [0.1, 0.15) is 12.6 Å². The summed E-state index contributed by atoms with van der Waals surface area (Å²) in [5.41, 5.74) is 9.19. The van der Waals surface area contributed by atoms with Crippen LogP contribution in [0.15, 0.2) is 59.4 Å². The van der Waals surface area contributed by atoms with Crippen molar-refractivity contribution in [1.29, 1.82) is 0 Å². The van der Waals surface area contributed by atoms with Crippen molar-refractivity contribution in [2.24, 2.45) is 0 Å². The summed E-state index contributed by atoms with van der Waals surface area (Å²) in [5, 5.41) is 20.1. The molecule has 0 bridgehead atoms. The maximum absolute atomic E-state index is 15.4. The zero-order valence-electron chi connectivity index (χ0n) is 17.8. The third-order valence-electron chi connectivity index (χ3n) is 6.13. The van der Waals surface area contributed by atoms with E-state index in [1.54, 1.807) is 29.0 Å². The summed E-state index contributed by atoms with van der Waals surface area (Å²) in [7, 11) is 0. The van der Waals surface area contributed by atoms with Gasteiger partial charge < -0.3 is 29.7 Å². The Balaban J connectivity index is 1.45. The Morgan fingerprint density at radius 1 is 1.15 bits per heavy atom. The Morgan fingerprint density at radius 3 is 2.76 bits per heavy atom. The third-order valence-corrected chi connectivity index (χ3v) is 6.13. The number of rotatable bonds is 4. The molecular weight excluding hydrogens is 441 g/mol. The molecule has 0 amide bonds. The van der Waals surface area contributed by atoms with Crippen LogP contribution < -0.4 is 5.73 Å². The second kappa shape index (κ2) is 7.87. The van der Waals surface area contributed by atoms with Gasteiger partial charge >= 0.3 is 0 Å². The maximum atomic E-state index is 15.4. The zero-order valence-corrected chi connectivity index (χ0v) is 17.8. The van der Waals surface area contributed by atoms with Gasteiger partial charge in [-0.25, -0.2) is 19.3 Å². The number of ether oxygens (including phenoxy) is 1. The molecule has 4 N–H and O–H groups in total. The molecule has 0 spiro atoms. The second-order valence-electron chi connectivity index (χ2n) is 8.20. The van der Waals surface area contributed by atoms with Gasteiger partial charge in [0.15, 0.2) is 5.58 Å². The highest BCUT2D eigenvalue weighted by atomic mass is 19.1. The van der Waals surface area contributed by atoms with E-state index in [4.69, 9.17) is 14.9 Å². The summed E-state index contributed by atoms with van der Waals surface area (Å²) in [4.78, 5) is 12.8. The average molecular weight is 461 g/mol. The van der Waals surface area contributed by atoms with Crippen molar-refractivity contribution >= 4 is 28.0 Å². The summed E-state index contributed by atoms with van der Waals surface area (Å²) in [6, 6.07) is 12.1. The minimum absolute atomic E-state index is 0.193. The van der Waals surface area contributed by atoms with Crippen LogP contribution in [0.3, 0.4) is 0 Å². The maximum Gasteiger partial charge on any atom is 0.227 e. The lowest BCUT2D eigenvalue weighted by molar-refractivity contribution is -0.0430. The van der Waals surface area contributed by atoms with Crippen LogP contribution in [0.25, 0.3) is 44.7 Å². The molecule has 34 heavy (non-hydrogen) atoms. The van der Waals surface area contributed by atoms with Crippen LogP contribution in [0.5, 0.6) is 0 Å². The Hall–Kier alpha value is -3.86. The number of hydrogen-bond acceptors (Lipinski definition) is 8. The molecule has 172 valence electrons. The summed E-state index contributed by atoms with van der Waals surface area (Å²) in [6.07, 6.45) is 1.11. The fourth-order valence-corrected chi connectivity index (χ4v) is 4.44. The first-order chi connectivity index (χ1) is 16.5. The van der Waals surface area contributed by atoms with E-state index in [2.05, 4.69) is 15.0 Å². The molecule has 0 aliphatic carbocycles. The molecule has 1 aliphatic rings. The van der Waals surface area contributed by atoms with Gasteiger partial charge in [-0.2, -0.15) is 0 Å². The highest BCUT2D eigenvalue weighted by Gasteiger charge is 2.36. The predicted octanol–water partition coefficient (Wildman–Crippen LogP) is 3.27. The van der Waals surface area contributed by atoms with Crippen LogP contribution in [0.4, 0.5) is 10.2 Å². The molecule has 1 fully saturated rings. The number of nitrogens with zero attached hydrogens (tertiary/aromatic N) is 4. The van der Waals surface area contributed by atoms with E-state index in [9.17, 15) is 10.2 Å². The van der Waals surface area contributed by atoms with Crippen LogP contribution in [-0.2, 0) is 4.74 Å². The van der Waals surface area contributed by atoms with E-state index in [-0.39, 0.29) is 18.8 Å². The predicted molar refractivity (Wildman–Crippen MR) is 122 cm³/mol. The highest BCUT2D eigenvalue weighted by Crippen LogP contribution is 2.39. The van der Waals surface area contributed by atoms with E-state index < -0.39 is 24.3 Å². The normalized spacial score (nSPS) is 20.5. The lowest BCUT2D eigenvalue weighted by Crippen LogP contribution is -2.24. The number of aliphatic hydroxyl groups excluding tert-OH is 2. The largest absolute Gasteiger partial charge is 0.436 e. The molecule has 3 atom stereocenters. The summed E-state index contributed by atoms with van der Waals surface area (Å²) in [5.74, 6) is 0.0152. The number of halogens is 1. The van der Waals surface area contributed by atoms with Crippen molar-refractivity contribution in [1.82, 2.24) is 19.5 Å². The van der Waals surface area contributed by atoms with Crippen molar-refractivity contribution in [3.63, 3.8) is 0 Å². The fourth-order valence-electron chi connectivity index (χ4n) is 4.44. The summed E-state index contributed by atoms with van der Waals surface area (Å²) >= 11 is 0.